The molecule has 0 saturated heterocycles. The van der Waals surface area contributed by atoms with E-state index in [1.807, 2.05) is 30.3 Å². The first-order valence-electron chi connectivity index (χ1n) is 7.63. The van der Waals surface area contributed by atoms with E-state index < -0.39 is 6.10 Å². The van der Waals surface area contributed by atoms with E-state index in [0.29, 0.717) is 11.6 Å². The van der Waals surface area contributed by atoms with Crippen molar-refractivity contribution in [2.45, 2.75) is 13.0 Å². The molecule has 1 aromatic heterocycles. The number of hydrogen-bond donors (Lipinski definition) is 1. The smallest absolute Gasteiger partial charge is 0.266 e. The van der Waals surface area contributed by atoms with E-state index in [1.54, 1.807) is 44.4 Å². The van der Waals surface area contributed by atoms with Crippen LogP contribution in [-0.2, 0) is 4.79 Å². The number of rotatable bonds is 5. The third-order valence-corrected chi connectivity index (χ3v) is 3.59. The molecule has 1 heterocycles. The molecule has 1 unspecified atom stereocenters. The van der Waals surface area contributed by atoms with Crippen molar-refractivity contribution in [1.82, 2.24) is 4.98 Å². The van der Waals surface area contributed by atoms with Crippen molar-refractivity contribution >= 4 is 22.6 Å². The minimum Gasteiger partial charge on any atom is -0.497 e. The van der Waals surface area contributed by atoms with E-state index in [4.69, 9.17) is 9.47 Å². The van der Waals surface area contributed by atoms with Gasteiger partial charge in [0.1, 0.15) is 17.3 Å². The quantitative estimate of drug-likeness (QED) is 0.779. The van der Waals surface area contributed by atoms with Gasteiger partial charge in [0.25, 0.3) is 5.91 Å². The number of aromatic nitrogens is 1. The first kappa shape index (κ1) is 15.8. The Bertz CT molecular complexity index is 847. The predicted octanol–water partition coefficient (Wildman–Crippen LogP) is 3.65. The van der Waals surface area contributed by atoms with E-state index in [1.165, 1.54) is 0 Å². The fourth-order valence-electron chi connectivity index (χ4n) is 2.28. The van der Waals surface area contributed by atoms with Gasteiger partial charge in [-0.3, -0.25) is 4.79 Å². The van der Waals surface area contributed by atoms with Gasteiger partial charge in [-0.15, -0.1) is 0 Å². The van der Waals surface area contributed by atoms with Crippen LogP contribution in [-0.4, -0.2) is 24.1 Å². The maximum atomic E-state index is 12.3. The molecular weight excluding hydrogens is 304 g/mol. The van der Waals surface area contributed by atoms with Gasteiger partial charge >= 0.3 is 0 Å². The number of amides is 1. The number of carbonyl (C=O) groups excluding carboxylic acids is 1. The Morgan fingerprint density at radius 3 is 2.46 bits per heavy atom. The van der Waals surface area contributed by atoms with E-state index in [9.17, 15) is 4.79 Å². The number of nitrogens with one attached hydrogen (secondary N) is 1. The molecule has 0 aliphatic rings. The Labute approximate surface area is 140 Å². The van der Waals surface area contributed by atoms with Crippen LogP contribution in [0, 0.1) is 0 Å². The summed E-state index contributed by atoms with van der Waals surface area (Å²) in [4.78, 5) is 16.7. The van der Waals surface area contributed by atoms with Crippen LogP contribution in [0.15, 0.2) is 60.7 Å². The van der Waals surface area contributed by atoms with Crippen LogP contribution in [0.2, 0.25) is 0 Å². The van der Waals surface area contributed by atoms with Crippen molar-refractivity contribution in [3.05, 3.63) is 60.7 Å². The average Bonchev–Trinajstić information content (AvgIpc) is 2.62. The molecule has 0 saturated carbocycles. The third-order valence-electron chi connectivity index (χ3n) is 3.59. The summed E-state index contributed by atoms with van der Waals surface area (Å²) in [6.45, 7) is 1.70. The lowest BCUT2D eigenvalue weighted by Crippen LogP contribution is -2.30. The molecule has 1 atom stereocenters. The lowest BCUT2D eigenvalue weighted by Gasteiger charge is -2.15. The minimum atomic E-state index is -0.647. The highest BCUT2D eigenvalue weighted by molar-refractivity contribution is 5.94. The lowest BCUT2D eigenvalue weighted by molar-refractivity contribution is -0.122. The van der Waals surface area contributed by atoms with Gasteiger partial charge in [-0.05, 0) is 49.4 Å². The molecule has 24 heavy (non-hydrogen) atoms. The van der Waals surface area contributed by atoms with Gasteiger partial charge in [-0.25, -0.2) is 4.98 Å². The van der Waals surface area contributed by atoms with E-state index >= 15 is 0 Å². The molecular formula is C19H18N2O3. The molecule has 0 fully saturated rings. The van der Waals surface area contributed by atoms with Gasteiger partial charge in [-0.1, -0.05) is 18.2 Å². The SMILES string of the molecule is COc1ccc(OC(C)C(=O)Nc2ccc3ccccc3n2)cc1. The number of fused-ring (bicyclic) bond motifs is 1. The Hall–Kier alpha value is -3.08. The molecule has 3 aromatic rings. The second kappa shape index (κ2) is 7.00. The first-order chi connectivity index (χ1) is 11.7. The number of methoxy groups -OCH3 is 1. The summed E-state index contributed by atoms with van der Waals surface area (Å²) >= 11 is 0. The monoisotopic (exact) mass is 322 g/mol. The molecule has 1 N–H and O–H groups in total. The number of anilines is 1. The Morgan fingerprint density at radius 2 is 1.71 bits per heavy atom. The van der Waals surface area contributed by atoms with Crippen molar-refractivity contribution in [2.24, 2.45) is 0 Å². The standard InChI is InChI=1S/C19H18N2O3/c1-13(24-16-10-8-15(23-2)9-11-16)19(22)21-18-12-7-14-5-3-4-6-17(14)20-18/h3-13H,1-2H3,(H,20,21,22). The highest BCUT2D eigenvalue weighted by atomic mass is 16.5. The summed E-state index contributed by atoms with van der Waals surface area (Å²) in [5.41, 5.74) is 0.832. The van der Waals surface area contributed by atoms with Crippen LogP contribution in [0.3, 0.4) is 0 Å². The second-order valence-corrected chi connectivity index (χ2v) is 5.31. The molecule has 1 amide bonds. The summed E-state index contributed by atoms with van der Waals surface area (Å²) in [5.74, 6) is 1.59. The van der Waals surface area contributed by atoms with Gasteiger partial charge in [0.05, 0.1) is 12.6 Å². The van der Waals surface area contributed by atoms with Gasteiger partial charge < -0.3 is 14.8 Å². The van der Waals surface area contributed by atoms with Crippen LogP contribution < -0.4 is 14.8 Å². The van der Waals surface area contributed by atoms with Crippen LogP contribution in [0.4, 0.5) is 5.82 Å². The van der Waals surface area contributed by atoms with Crippen molar-refractivity contribution < 1.29 is 14.3 Å². The maximum absolute atomic E-state index is 12.3. The molecule has 0 aliphatic carbocycles. The zero-order valence-corrected chi connectivity index (χ0v) is 13.5. The normalized spacial score (nSPS) is 11.8. The molecule has 0 aliphatic heterocycles. The zero-order chi connectivity index (χ0) is 16.9. The molecule has 0 radical (unpaired) electrons. The van der Waals surface area contributed by atoms with E-state index in [-0.39, 0.29) is 5.91 Å². The molecule has 122 valence electrons. The Morgan fingerprint density at radius 1 is 1.00 bits per heavy atom. The number of hydrogen-bond acceptors (Lipinski definition) is 4. The van der Waals surface area contributed by atoms with Crippen LogP contribution in [0.1, 0.15) is 6.92 Å². The van der Waals surface area contributed by atoms with Crippen molar-refractivity contribution in [3.8, 4) is 11.5 Å². The van der Waals surface area contributed by atoms with Crippen LogP contribution in [0.25, 0.3) is 10.9 Å². The lowest BCUT2D eigenvalue weighted by atomic mass is 10.2. The summed E-state index contributed by atoms with van der Waals surface area (Å²) in [6.07, 6.45) is -0.647. The van der Waals surface area contributed by atoms with E-state index in [0.717, 1.165) is 16.7 Å². The number of benzene rings is 2. The topological polar surface area (TPSA) is 60.5 Å². The van der Waals surface area contributed by atoms with Gasteiger partial charge in [0, 0.05) is 5.39 Å². The largest absolute Gasteiger partial charge is 0.497 e. The summed E-state index contributed by atoms with van der Waals surface area (Å²) in [7, 11) is 1.60. The highest BCUT2D eigenvalue weighted by Crippen LogP contribution is 2.19. The average molecular weight is 322 g/mol. The Kier molecular flexibility index (Phi) is 4.61. The molecule has 3 rings (SSSR count). The predicted molar refractivity (Wildman–Crippen MR) is 93.5 cm³/mol. The van der Waals surface area contributed by atoms with Crippen molar-refractivity contribution in [2.75, 3.05) is 12.4 Å². The highest BCUT2D eigenvalue weighted by Gasteiger charge is 2.15. The zero-order valence-electron chi connectivity index (χ0n) is 13.5. The first-order valence-corrected chi connectivity index (χ1v) is 7.63. The summed E-state index contributed by atoms with van der Waals surface area (Å²) in [6, 6.07) is 18.5. The van der Waals surface area contributed by atoms with E-state index in [2.05, 4.69) is 10.3 Å². The molecule has 5 heteroatoms. The molecule has 0 spiro atoms. The van der Waals surface area contributed by atoms with Crippen molar-refractivity contribution in [3.63, 3.8) is 0 Å². The Balaban J connectivity index is 1.66. The van der Waals surface area contributed by atoms with Gasteiger partial charge in [0.2, 0.25) is 0 Å². The minimum absolute atomic E-state index is 0.256. The molecule has 5 nitrogen and oxygen atoms in total. The fourth-order valence-corrected chi connectivity index (χ4v) is 2.28. The summed E-state index contributed by atoms with van der Waals surface area (Å²) < 4.78 is 10.7. The third kappa shape index (κ3) is 3.63. The number of ether oxygens (including phenoxy) is 2. The molecule has 2 aromatic carbocycles. The second-order valence-electron chi connectivity index (χ2n) is 5.31. The maximum Gasteiger partial charge on any atom is 0.266 e. The van der Waals surface area contributed by atoms with Gasteiger partial charge in [-0.2, -0.15) is 0 Å². The summed E-state index contributed by atoms with van der Waals surface area (Å²) in [5, 5.41) is 3.80. The van der Waals surface area contributed by atoms with Crippen LogP contribution >= 0.6 is 0 Å². The van der Waals surface area contributed by atoms with Crippen molar-refractivity contribution in [1.29, 1.82) is 0 Å². The fraction of sp³-hybridized carbons (Fsp3) is 0.158. The number of nitrogens with zero attached hydrogens (tertiary/aromatic N) is 1. The van der Waals surface area contributed by atoms with Gasteiger partial charge in [0.15, 0.2) is 6.10 Å². The number of para-hydroxylation sites is 1. The van der Waals surface area contributed by atoms with Crippen LogP contribution in [0.5, 0.6) is 11.5 Å². The number of pyridine rings is 1. The molecule has 0 bridgehead atoms. The number of carbonyl (C=O) groups is 1.